The van der Waals surface area contributed by atoms with Crippen LogP contribution in [0.15, 0.2) is 229 Å². The molecule has 0 saturated heterocycles. The molecule has 0 fully saturated rings. The number of fused-ring (bicyclic) bond motifs is 3. The molecule has 0 aliphatic heterocycles. The second kappa shape index (κ2) is 14.8. The van der Waals surface area contributed by atoms with Crippen molar-refractivity contribution in [1.29, 1.82) is 0 Å². The van der Waals surface area contributed by atoms with E-state index in [1.54, 1.807) is 0 Å². The molecule has 1 heteroatoms. The molecule has 4 unspecified atom stereocenters. The van der Waals surface area contributed by atoms with E-state index < -0.39 is 0 Å². The molecule has 0 aromatic heterocycles. The van der Waals surface area contributed by atoms with Crippen molar-refractivity contribution in [2.24, 2.45) is 11.8 Å². The van der Waals surface area contributed by atoms with Crippen molar-refractivity contribution in [3.05, 3.63) is 263 Å². The van der Waals surface area contributed by atoms with Crippen LogP contribution in [-0.2, 0) is 5.41 Å². The lowest BCUT2D eigenvalue weighted by atomic mass is 9.62. The maximum Gasteiger partial charge on any atom is 0.0557 e. The van der Waals surface area contributed by atoms with Gasteiger partial charge >= 0.3 is 0 Å². The fourth-order valence-electron chi connectivity index (χ4n) is 10.3. The molecule has 5 aromatic rings. The Morgan fingerprint density at radius 3 is 1.86 bits per heavy atom. The van der Waals surface area contributed by atoms with Gasteiger partial charge in [0.1, 0.15) is 0 Å². The second-order valence-electron chi connectivity index (χ2n) is 15.8. The van der Waals surface area contributed by atoms with E-state index in [0.29, 0.717) is 5.92 Å². The molecule has 272 valence electrons. The maximum absolute atomic E-state index is 2.73. The summed E-state index contributed by atoms with van der Waals surface area (Å²) in [5, 5.41) is 0. The third-order valence-electron chi connectivity index (χ3n) is 12.8. The molecule has 0 heterocycles. The van der Waals surface area contributed by atoms with Gasteiger partial charge in [-0.15, -0.1) is 0 Å². The van der Waals surface area contributed by atoms with Crippen LogP contribution in [0, 0.1) is 11.8 Å². The molecule has 0 bridgehead atoms. The van der Waals surface area contributed by atoms with Crippen molar-refractivity contribution in [3.63, 3.8) is 0 Å². The van der Waals surface area contributed by atoms with E-state index in [4.69, 9.17) is 0 Å². The number of allylic oxidation sites excluding steroid dienone is 13. The Hall–Kier alpha value is -6.18. The summed E-state index contributed by atoms with van der Waals surface area (Å²) in [6.45, 7) is 0. The van der Waals surface area contributed by atoms with Gasteiger partial charge in [-0.3, -0.25) is 0 Å². The molecule has 5 aromatic carbocycles. The summed E-state index contributed by atoms with van der Waals surface area (Å²) >= 11 is 0. The molecule has 0 N–H and O–H groups in total. The van der Waals surface area contributed by atoms with Crippen LogP contribution in [0.4, 0.5) is 0 Å². The summed E-state index contributed by atoms with van der Waals surface area (Å²) in [4.78, 5) is 2.73. The number of nitrogens with zero attached hydrogens (tertiary/aromatic N) is 1. The summed E-state index contributed by atoms with van der Waals surface area (Å²) in [5.74, 6) is 0.809. The van der Waals surface area contributed by atoms with Crippen LogP contribution in [0.1, 0.15) is 65.0 Å². The Kier molecular flexibility index (Phi) is 9.08. The Morgan fingerprint density at radius 1 is 0.571 bits per heavy atom. The molecular weight excluding hydrogens is 675 g/mol. The lowest BCUT2D eigenvalue weighted by Crippen LogP contribution is -2.39. The third-order valence-corrected chi connectivity index (χ3v) is 12.8. The molecule has 0 saturated carbocycles. The molecule has 1 nitrogen and oxygen atoms in total. The first kappa shape index (κ1) is 34.3. The lowest BCUT2D eigenvalue weighted by Gasteiger charge is -2.44. The summed E-state index contributed by atoms with van der Waals surface area (Å²) < 4.78 is 0. The third kappa shape index (κ3) is 5.94. The molecule has 10 rings (SSSR count). The van der Waals surface area contributed by atoms with Crippen LogP contribution in [0.25, 0.3) is 11.1 Å². The SMILES string of the molecule is C1=CCC(C2=CCC(N(C3=CC=C(c4ccccc4)CC3)C3=CC4C(C=C3c3ccccc3)c3ccccc3C4(c3ccccc3)c3ccccc3)C=C2)C=C1. The molecule has 0 amide bonds. The van der Waals surface area contributed by atoms with Gasteiger partial charge in [0, 0.05) is 34.7 Å². The number of benzene rings is 5. The van der Waals surface area contributed by atoms with Crippen molar-refractivity contribution in [2.75, 3.05) is 0 Å². The maximum atomic E-state index is 2.73. The van der Waals surface area contributed by atoms with Gasteiger partial charge in [0.2, 0.25) is 0 Å². The Balaban J connectivity index is 1.18. The van der Waals surface area contributed by atoms with E-state index in [1.807, 2.05) is 0 Å². The van der Waals surface area contributed by atoms with Crippen LogP contribution in [-0.4, -0.2) is 10.9 Å². The molecule has 56 heavy (non-hydrogen) atoms. The predicted molar refractivity (Wildman–Crippen MR) is 234 cm³/mol. The van der Waals surface area contributed by atoms with Crippen LogP contribution in [0.5, 0.6) is 0 Å². The van der Waals surface area contributed by atoms with Gasteiger partial charge in [0.25, 0.3) is 0 Å². The van der Waals surface area contributed by atoms with Gasteiger partial charge in [-0.05, 0) is 76.3 Å². The molecule has 5 aliphatic carbocycles. The zero-order valence-corrected chi connectivity index (χ0v) is 31.8. The van der Waals surface area contributed by atoms with Gasteiger partial charge in [0.15, 0.2) is 0 Å². The van der Waals surface area contributed by atoms with Gasteiger partial charge in [-0.25, -0.2) is 0 Å². The Labute approximate surface area is 332 Å². The summed E-state index contributed by atoms with van der Waals surface area (Å²) in [7, 11) is 0. The van der Waals surface area contributed by atoms with E-state index in [0.717, 1.165) is 25.7 Å². The quantitative estimate of drug-likeness (QED) is 0.154. The molecule has 0 spiro atoms. The second-order valence-corrected chi connectivity index (χ2v) is 15.8. The van der Waals surface area contributed by atoms with Gasteiger partial charge in [0.05, 0.1) is 11.5 Å². The standard InChI is InChI=1S/C55H47N/c1-6-18-40(19-7-1)42-30-34-47(35-31-42)56(48-36-32-43(33-37-48)41-20-8-2-9-21-41)54-39-53-51(38-50(54)44-22-10-3-11-23-44)49-28-16-17-29-52(49)55(53,45-24-12-4-13-25-45)46-26-14-5-15-27-46/h1-20,22-30,32-34,36,38-39,41,48,51,53H,21,31,35,37H2. The molecule has 5 aliphatic rings. The lowest BCUT2D eigenvalue weighted by molar-refractivity contribution is 0.347. The van der Waals surface area contributed by atoms with Crippen molar-refractivity contribution >= 4 is 11.1 Å². The number of hydrogen-bond acceptors (Lipinski definition) is 1. The van der Waals surface area contributed by atoms with Crippen molar-refractivity contribution in [1.82, 2.24) is 4.90 Å². The van der Waals surface area contributed by atoms with Gasteiger partial charge in [-0.2, -0.15) is 0 Å². The minimum atomic E-state index is -0.364. The summed E-state index contributed by atoms with van der Waals surface area (Å²) in [6.07, 6.45) is 30.6. The number of hydrogen-bond donors (Lipinski definition) is 0. The number of rotatable bonds is 8. The van der Waals surface area contributed by atoms with Crippen LogP contribution >= 0.6 is 0 Å². The van der Waals surface area contributed by atoms with Gasteiger partial charge < -0.3 is 4.90 Å². The predicted octanol–water partition coefficient (Wildman–Crippen LogP) is 13.2. The van der Waals surface area contributed by atoms with Crippen molar-refractivity contribution < 1.29 is 0 Å². The normalized spacial score (nSPS) is 23.2. The first-order chi connectivity index (χ1) is 27.8. The zero-order chi connectivity index (χ0) is 37.3. The average molecular weight is 722 g/mol. The first-order valence-corrected chi connectivity index (χ1v) is 20.4. The van der Waals surface area contributed by atoms with E-state index in [9.17, 15) is 0 Å². The summed E-state index contributed by atoms with van der Waals surface area (Å²) in [5.41, 5.74) is 14.6. The van der Waals surface area contributed by atoms with Crippen molar-refractivity contribution in [3.8, 4) is 0 Å². The van der Waals surface area contributed by atoms with Crippen LogP contribution in [0.2, 0.25) is 0 Å². The zero-order valence-electron chi connectivity index (χ0n) is 31.8. The fraction of sp³-hybridized carbons (Fsp3) is 0.164. The van der Waals surface area contributed by atoms with E-state index in [-0.39, 0.29) is 23.3 Å². The Morgan fingerprint density at radius 2 is 1.23 bits per heavy atom. The van der Waals surface area contributed by atoms with Crippen LogP contribution < -0.4 is 0 Å². The van der Waals surface area contributed by atoms with Crippen molar-refractivity contribution in [2.45, 2.75) is 43.1 Å². The minimum Gasteiger partial charge on any atom is -0.338 e. The minimum absolute atomic E-state index is 0.159. The highest BCUT2D eigenvalue weighted by molar-refractivity contribution is 5.83. The molecule has 4 atom stereocenters. The average Bonchev–Trinajstić information content (AvgIpc) is 3.58. The Bertz CT molecular complexity index is 2430. The monoisotopic (exact) mass is 721 g/mol. The topological polar surface area (TPSA) is 3.24 Å². The molecule has 0 radical (unpaired) electrons. The first-order valence-electron chi connectivity index (χ1n) is 20.4. The van der Waals surface area contributed by atoms with E-state index >= 15 is 0 Å². The smallest absolute Gasteiger partial charge is 0.0557 e. The van der Waals surface area contributed by atoms with Gasteiger partial charge in [-0.1, -0.05) is 206 Å². The highest BCUT2D eigenvalue weighted by Crippen LogP contribution is 2.61. The molecular formula is C55H47N. The van der Waals surface area contributed by atoms with E-state index in [2.05, 4.69) is 217 Å². The summed E-state index contributed by atoms with van der Waals surface area (Å²) in [6, 6.07) is 54.1. The highest BCUT2D eigenvalue weighted by atomic mass is 15.2. The highest BCUT2D eigenvalue weighted by Gasteiger charge is 2.54. The van der Waals surface area contributed by atoms with Crippen LogP contribution in [0.3, 0.4) is 0 Å². The van der Waals surface area contributed by atoms with E-state index in [1.165, 1.54) is 61.5 Å². The fourth-order valence-corrected chi connectivity index (χ4v) is 10.3. The largest absolute Gasteiger partial charge is 0.338 e.